The van der Waals surface area contributed by atoms with Crippen LogP contribution in [0.25, 0.3) is 0 Å². The molecule has 19 heteroatoms. The third kappa shape index (κ3) is 70.5. The van der Waals surface area contributed by atoms with Gasteiger partial charge in [0.15, 0.2) is 12.2 Å². The predicted molar refractivity (Wildman–Crippen MR) is 391 cm³/mol. The number of rotatable bonds is 75. The van der Waals surface area contributed by atoms with E-state index in [0.717, 1.165) is 114 Å². The Labute approximate surface area is 588 Å². The summed E-state index contributed by atoms with van der Waals surface area (Å²) in [6.45, 7) is 11.9. The molecular formula is C77H150O17P2. The van der Waals surface area contributed by atoms with E-state index in [9.17, 15) is 43.2 Å². The van der Waals surface area contributed by atoms with Crippen LogP contribution < -0.4 is 0 Å². The molecule has 0 amide bonds. The fraction of sp³-hybridized carbons (Fsp3) is 0.948. The van der Waals surface area contributed by atoms with Gasteiger partial charge in [-0.3, -0.25) is 37.3 Å². The fourth-order valence-electron chi connectivity index (χ4n) is 11.8. The lowest BCUT2D eigenvalue weighted by Crippen LogP contribution is -2.30. The molecule has 96 heavy (non-hydrogen) atoms. The molecule has 0 aliphatic rings. The van der Waals surface area contributed by atoms with Crippen LogP contribution >= 0.6 is 15.6 Å². The van der Waals surface area contributed by atoms with E-state index in [1.165, 1.54) is 199 Å². The van der Waals surface area contributed by atoms with Crippen molar-refractivity contribution in [2.75, 3.05) is 39.6 Å². The lowest BCUT2D eigenvalue weighted by atomic mass is 10.0. The Kier molecular flexibility index (Phi) is 66.2. The van der Waals surface area contributed by atoms with Gasteiger partial charge in [0.05, 0.1) is 26.4 Å². The van der Waals surface area contributed by atoms with E-state index in [2.05, 4.69) is 48.5 Å². The minimum atomic E-state index is -4.96. The van der Waals surface area contributed by atoms with E-state index in [4.69, 9.17) is 37.0 Å². The molecule has 0 aromatic heterocycles. The highest BCUT2D eigenvalue weighted by Crippen LogP contribution is 2.45. The number of phosphoric ester groups is 2. The Bertz CT molecular complexity index is 1870. The summed E-state index contributed by atoms with van der Waals surface area (Å²) in [5, 5.41) is 10.6. The lowest BCUT2D eigenvalue weighted by molar-refractivity contribution is -0.161. The van der Waals surface area contributed by atoms with Crippen molar-refractivity contribution in [3.63, 3.8) is 0 Å². The van der Waals surface area contributed by atoms with Crippen molar-refractivity contribution in [2.45, 2.75) is 414 Å². The second kappa shape index (κ2) is 67.5. The summed E-state index contributed by atoms with van der Waals surface area (Å²) in [6.07, 6.45) is 54.5. The van der Waals surface area contributed by atoms with Crippen molar-refractivity contribution in [1.82, 2.24) is 0 Å². The molecule has 0 fully saturated rings. The molecule has 3 N–H and O–H groups in total. The monoisotopic (exact) mass is 1410 g/mol. The van der Waals surface area contributed by atoms with Crippen LogP contribution in [0.1, 0.15) is 395 Å². The Balaban J connectivity index is 5.14. The summed E-state index contributed by atoms with van der Waals surface area (Å²) in [6, 6.07) is 0. The fourth-order valence-corrected chi connectivity index (χ4v) is 13.4. The number of ether oxygens (including phenoxy) is 4. The molecule has 0 aromatic carbocycles. The van der Waals surface area contributed by atoms with Gasteiger partial charge < -0.3 is 33.8 Å². The van der Waals surface area contributed by atoms with Gasteiger partial charge in [-0.15, -0.1) is 0 Å². The number of aliphatic hydroxyl groups excluding tert-OH is 1. The van der Waals surface area contributed by atoms with Gasteiger partial charge in [-0.2, -0.15) is 0 Å². The molecule has 0 spiro atoms. The summed E-state index contributed by atoms with van der Waals surface area (Å²) < 4.78 is 68.3. The molecule has 0 rings (SSSR count). The largest absolute Gasteiger partial charge is 0.472 e. The topological polar surface area (TPSA) is 237 Å². The van der Waals surface area contributed by atoms with E-state index in [1.807, 2.05) is 0 Å². The average Bonchev–Trinajstić information content (AvgIpc) is 1.06. The number of phosphoric acid groups is 2. The van der Waals surface area contributed by atoms with Crippen LogP contribution in [-0.4, -0.2) is 96.7 Å². The first-order valence-corrected chi connectivity index (χ1v) is 42.8. The molecule has 0 aliphatic heterocycles. The normalized spacial score (nSPS) is 14.1. The molecule has 5 atom stereocenters. The van der Waals surface area contributed by atoms with Crippen LogP contribution in [0.15, 0.2) is 0 Å². The summed E-state index contributed by atoms with van der Waals surface area (Å²) in [5.41, 5.74) is 0. The second-order valence-electron chi connectivity index (χ2n) is 29.2. The molecule has 0 aliphatic carbocycles. The standard InChI is InChI=1S/C77H150O17P2/c1-8-9-10-41-51-58-74(79)87-64-72(93-76(81)61-54-47-40-34-28-22-25-31-37-44-50-57-70(6)7)66-91-95(83,84)89-62-71(78)63-90-96(85,86)92-67-73(65-88-75(80)59-52-45-38-32-26-20-17-13-15-19-24-30-36-43-49-56-69(4)5)94-77(82)60-53-46-39-33-27-21-16-12-11-14-18-23-29-35-42-48-55-68(2)3/h68-73,78H,8-67H2,1-7H3,(H,83,84)(H,85,86)/t71-,72+,73+/m0/s1. The van der Waals surface area contributed by atoms with Crippen molar-refractivity contribution < 1.29 is 80.2 Å². The predicted octanol–water partition coefficient (Wildman–Crippen LogP) is 22.6. The second-order valence-corrected chi connectivity index (χ2v) is 32.1. The smallest absolute Gasteiger partial charge is 0.462 e. The zero-order chi connectivity index (χ0) is 70.9. The van der Waals surface area contributed by atoms with Gasteiger partial charge in [0.25, 0.3) is 0 Å². The minimum absolute atomic E-state index is 0.105. The van der Waals surface area contributed by atoms with Gasteiger partial charge in [-0.05, 0) is 43.4 Å². The van der Waals surface area contributed by atoms with E-state index in [-0.39, 0.29) is 25.7 Å². The first-order chi connectivity index (χ1) is 46.2. The quantitative estimate of drug-likeness (QED) is 0.0222. The molecule has 0 bridgehead atoms. The molecule has 0 aromatic rings. The summed E-state index contributed by atoms with van der Waals surface area (Å²) >= 11 is 0. The first-order valence-electron chi connectivity index (χ1n) is 39.8. The van der Waals surface area contributed by atoms with Crippen LogP contribution in [0.5, 0.6) is 0 Å². The number of aliphatic hydroxyl groups is 1. The van der Waals surface area contributed by atoms with Gasteiger partial charge in [0, 0.05) is 25.7 Å². The molecule has 0 heterocycles. The van der Waals surface area contributed by atoms with E-state index < -0.39 is 97.5 Å². The van der Waals surface area contributed by atoms with Crippen molar-refractivity contribution in [3.05, 3.63) is 0 Å². The van der Waals surface area contributed by atoms with Crippen LogP contribution in [0.3, 0.4) is 0 Å². The van der Waals surface area contributed by atoms with E-state index >= 15 is 0 Å². The molecule has 17 nitrogen and oxygen atoms in total. The Morgan fingerprint density at radius 3 is 0.708 bits per heavy atom. The number of hydrogen-bond acceptors (Lipinski definition) is 15. The maximum Gasteiger partial charge on any atom is 0.472 e. The maximum absolute atomic E-state index is 13.1. The molecule has 2 unspecified atom stereocenters. The summed E-state index contributed by atoms with van der Waals surface area (Å²) in [5.74, 6) is 0.254. The number of carbonyl (C=O) groups is 4. The third-order valence-corrected chi connectivity index (χ3v) is 19.8. The van der Waals surface area contributed by atoms with Crippen molar-refractivity contribution in [2.24, 2.45) is 17.8 Å². The highest BCUT2D eigenvalue weighted by Gasteiger charge is 2.30. The highest BCUT2D eigenvalue weighted by molar-refractivity contribution is 7.47. The Hall–Kier alpha value is -1.94. The van der Waals surface area contributed by atoms with Crippen LogP contribution in [-0.2, 0) is 65.4 Å². The van der Waals surface area contributed by atoms with Gasteiger partial charge >= 0.3 is 39.5 Å². The number of hydrogen-bond donors (Lipinski definition) is 3. The zero-order valence-electron chi connectivity index (χ0n) is 62.8. The first kappa shape index (κ1) is 94.1. The van der Waals surface area contributed by atoms with Crippen LogP contribution in [0, 0.1) is 17.8 Å². The van der Waals surface area contributed by atoms with E-state index in [1.54, 1.807) is 0 Å². The lowest BCUT2D eigenvalue weighted by Gasteiger charge is -2.21. The molecule has 0 radical (unpaired) electrons. The van der Waals surface area contributed by atoms with Crippen molar-refractivity contribution >= 4 is 39.5 Å². The SMILES string of the molecule is CCCCCCCC(=O)OC[C@H](COP(=O)(O)OC[C@H](O)COP(=O)(O)OC[C@@H](COC(=O)CCCCCCCCCCCCCCCCCC(C)C)OC(=O)CCCCCCCCCCCCCCCCCCC(C)C)OC(=O)CCCCCCCCCCCCCC(C)C. The van der Waals surface area contributed by atoms with Gasteiger partial charge in [0.1, 0.15) is 19.3 Å². The van der Waals surface area contributed by atoms with Crippen LogP contribution in [0.2, 0.25) is 0 Å². The Morgan fingerprint density at radius 1 is 0.281 bits per heavy atom. The molecule has 0 saturated carbocycles. The minimum Gasteiger partial charge on any atom is -0.462 e. The molecule has 0 saturated heterocycles. The molecule has 570 valence electrons. The summed E-state index contributed by atoms with van der Waals surface area (Å²) in [7, 11) is -9.90. The average molecular weight is 1410 g/mol. The van der Waals surface area contributed by atoms with Crippen molar-refractivity contribution in [1.29, 1.82) is 0 Å². The number of carbonyl (C=O) groups excluding carboxylic acids is 4. The molecular weight excluding hydrogens is 1260 g/mol. The number of esters is 4. The third-order valence-electron chi connectivity index (χ3n) is 17.9. The zero-order valence-corrected chi connectivity index (χ0v) is 64.6. The summed E-state index contributed by atoms with van der Waals surface area (Å²) in [4.78, 5) is 72.6. The van der Waals surface area contributed by atoms with Crippen LogP contribution in [0.4, 0.5) is 0 Å². The van der Waals surface area contributed by atoms with Gasteiger partial charge in [0.2, 0.25) is 0 Å². The highest BCUT2D eigenvalue weighted by atomic mass is 31.2. The van der Waals surface area contributed by atoms with Crippen molar-refractivity contribution in [3.8, 4) is 0 Å². The Morgan fingerprint density at radius 2 is 0.479 bits per heavy atom. The van der Waals surface area contributed by atoms with E-state index in [0.29, 0.717) is 25.7 Å². The number of unbranched alkanes of at least 4 members (excludes halogenated alkanes) is 43. The van der Waals surface area contributed by atoms with Gasteiger partial charge in [-0.25, -0.2) is 9.13 Å². The maximum atomic E-state index is 13.1. The van der Waals surface area contributed by atoms with Gasteiger partial charge in [-0.1, -0.05) is 344 Å².